The number of amides is 2. The van der Waals surface area contributed by atoms with Crippen molar-refractivity contribution in [2.45, 2.75) is 37.8 Å². The Labute approximate surface area is 151 Å². The summed E-state index contributed by atoms with van der Waals surface area (Å²) in [6, 6.07) is -1.67. The zero-order chi connectivity index (χ0) is 20.6. The first kappa shape index (κ1) is 21.6. The number of nitrogens with zero attached hydrogens (tertiary/aromatic N) is 1. The van der Waals surface area contributed by atoms with Gasteiger partial charge < -0.3 is 26.7 Å². The van der Waals surface area contributed by atoms with Gasteiger partial charge in [0.2, 0.25) is 11.8 Å². The molecular weight excluding hydrogens is 366 g/mol. The van der Waals surface area contributed by atoms with Gasteiger partial charge in [-0.3, -0.25) is 24.2 Å². The zero-order valence-electron chi connectivity index (χ0n) is 14.0. The molecule has 0 spiro atoms. The number of carbonyl (C=O) groups is 4. The van der Waals surface area contributed by atoms with E-state index in [-0.39, 0.29) is 25.7 Å². The van der Waals surface area contributed by atoms with Crippen LogP contribution in [0.15, 0.2) is 21.9 Å². The van der Waals surface area contributed by atoms with E-state index >= 15 is 0 Å². The molecule has 1 heterocycles. The smallest absolute Gasteiger partial charge is 0.361 e. The van der Waals surface area contributed by atoms with Gasteiger partial charge in [0, 0.05) is 18.9 Å². The molecule has 1 aromatic heterocycles. The summed E-state index contributed by atoms with van der Waals surface area (Å²) in [5.41, 5.74) is 8.57. The molecule has 13 heteroatoms. The fourth-order valence-corrected chi connectivity index (χ4v) is 1.85. The van der Waals surface area contributed by atoms with Gasteiger partial charge in [-0.2, -0.15) is 0 Å². The van der Waals surface area contributed by atoms with Gasteiger partial charge in [0.05, 0.1) is 6.20 Å². The number of nitrogens with one attached hydrogen (secondary N) is 2. The first-order chi connectivity index (χ1) is 12.6. The van der Waals surface area contributed by atoms with Crippen molar-refractivity contribution in [2.75, 3.05) is 0 Å². The number of hydrogen-bond acceptors (Lipinski definition) is 8. The Morgan fingerprint density at radius 3 is 2.44 bits per heavy atom. The summed E-state index contributed by atoms with van der Waals surface area (Å²) in [5, 5.41) is 10.9. The maximum absolute atomic E-state index is 12.2. The van der Waals surface area contributed by atoms with Crippen molar-refractivity contribution >= 4 is 23.8 Å². The van der Waals surface area contributed by atoms with E-state index in [1.54, 1.807) is 0 Å². The van der Waals surface area contributed by atoms with Gasteiger partial charge in [-0.1, -0.05) is 0 Å². The molecule has 1 rings (SSSR count). The van der Waals surface area contributed by atoms with E-state index in [0.29, 0.717) is 4.73 Å². The van der Waals surface area contributed by atoms with Crippen LogP contribution in [0, 0.1) is 0 Å². The lowest BCUT2D eigenvalue weighted by molar-refractivity contribution is -0.149. The van der Waals surface area contributed by atoms with E-state index in [0.717, 1.165) is 12.3 Å². The SMILES string of the molecule is NC(=O)CC[C@H](NC(=O)CC[C@H](N)C(=O)O)C(=O)On1ccc(=O)[nH]c1=O. The first-order valence-electron chi connectivity index (χ1n) is 7.70. The Balaban J connectivity index is 2.79. The van der Waals surface area contributed by atoms with Crippen molar-refractivity contribution < 1.29 is 29.1 Å². The molecule has 0 saturated carbocycles. The Kier molecular flexibility index (Phi) is 7.88. The predicted molar refractivity (Wildman–Crippen MR) is 88.1 cm³/mol. The molecule has 13 nitrogen and oxygen atoms in total. The molecule has 0 fully saturated rings. The average Bonchev–Trinajstić information content (AvgIpc) is 2.58. The minimum absolute atomic E-state index is 0.182. The van der Waals surface area contributed by atoms with E-state index in [2.05, 4.69) is 5.32 Å². The van der Waals surface area contributed by atoms with Gasteiger partial charge in [-0.25, -0.2) is 9.59 Å². The topological polar surface area (TPSA) is 217 Å². The third kappa shape index (κ3) is 7.52. The average molecular weight is 385 g/mol. The summed E-state index contributed by atoms with van der Waals surface area (Å²) in [6.07, 6.45) is -0.0688. The molecule has 0 aliphatic heterocycles. The molecule has 2 amide bonds. The molecule has 0 aliphatic carbocycles. The van der Waals surface area contributed by atoms with Crippen LogP contribution in [0.25, 0.3) is 0 Å². The number of carboxylic acid groups (broad SMARTS) is 1. The molecule has 0 unspecified atom stereocenters. The van der Waals surface area contributed by atoms with Gasteiger partial charge in [0.25, 0.3) is 5.56 Å². The Hall–Kier alpha value is -3.48. The largest absolute Gasteiger partial charge is 0.480 e. The molecule has 0 radical (unpaired) electrons. The predicted octanol–water partition coefficient (Wildman–Crippen LogP) is -3.57. The summed E-state index contributed by atoms with van der Waals surface area (Å²) in [5.74, 6) is -3.84. The molecule has 0 saturated heterocycles. The number of primary amides is 1. The summed E-state index contributed by atoms with van der Waals surface area (Å²) in [6.45, 7) is 0. The molecular formula is C14H19N5O8. The highest BCUT2D eigenvalue weighted by atomic mass is 16.7. The number of H-pyrrole nitrogens is 1. The van der Waals surface area contributed by atoms with Crippen LogP contribution in [0.2, 0.25) is 0 Å². The molecule has 7 N–H and O–H groups in total. The number of nitrogens with two attached hydrogens (primary N) is 2. The monoisotopic (exact) mass is 385 g/mol. The van der Waals surface area contributed by atoms with Crippen LogP contribution in [0.4, 0.5) is 0 Å². The number of rotatable bonds is 10. The molecule has 1 aromatic rings. The number of aliphatic carboxylic acids is 1. The quantitative estimate of drug-likeness (QED) is 0.269. The number of carbonyl (C=O) groups excluding carboxylic acids is 3. The molecule has 2 atom stereocenters. The second kappa shape index (κ2) is 9.86. The number of carboxylic acids is 1. The molecule has 0 aromatic carbocycles. The van der Waals surface area contributed by atoms with Crippen molar-refractivity contribution in [2.24, 2.45) is 11.5 Å². The Morgan fingerprint density at radius 1 is 1.22 bits per heavy atom. The maximum Gasteiger partial charge on any atom is 0.361 e. The lowest BCUT2D eigenvalue weighted by atomic mass is 10.1. The number of hydrogen-bond donors (Lipinski definition) is 5. The lowest BCUT2D eigenvalue weighted by Crippen LogP contribution is -2.47. The lowest BCUT2D eigenvalue weighted by Gasteiger charge is -2.17. The standard InChI is InChI=1S/C14H19N5O8/c15-7(12(23)24)1-4-10(21)17-8(2-3-9(16)20)13(25)27-19-6-5-11(22)18-14(19)26/h5-8H,1-4,15H2,(H2,16,20)(H,17,21)(H,23,24)(H,18,22,26)/t7-,8-/m0/s1. The van der Waals surface area contributed by atoms with Crippen LogP contribution >= 0.6 is 0 Å². The summed E-state index contributed by atoms with van der Waals surface area (Å²) in [7, 11) is 0. The highest BCUT2D eigenvalue weighted by Crippen LogP contribution is 2.01. The summed E-state index contributed by atoms with van der Waals surface area (Å²) < 4.78 is 0.438. The van der Waals surface area contributed by atoms with Gasteiger partial charge in [-0.15, -0.1) is 4.73 Å². The van der Waals surface area contributed by atoms with Crippen LogP contribution in [0.3, 0.4) is 0 Å². The molecule has 148 valence electrons. The fraction of sp³-hybridized carbons (Fsp3) is 0.429. The van der Waals surface area contributed by atoms with Crippen LogP contribution in [-0.2, 0) is 19.2 Å². The van der Waals surface area contributed by atoms with E-state index in [1.807, 2.05) is 4.98 Å². The van der Waals surface area contributed by atoms with Crippen molar-refractivity contribution in [1.82, 2.24) is 15.0 Å². The second-order valence-corrected chi connectivity index (χ2v) is 5.45. The van der Waals surface area contributed by atoms with Crippen LogP contribution in [-0.4, -0.2) is 50.7 Å². The third-order valence-electron chi connectivity index (χ3n) is 3.28. The number of aromatic amines is 1. The fourth-order valence-electron chi connectivity index (χ4n) is 1.85. The van der Waals surface area contributed by atoms with Crippen molar-refractivity contribution in [3.8, 4) is 0 Å². The highest BCUT2D eigenvalue weighted by Gasteiger charge is 2.25. The van der Waals surface area contributed by atoms with E-state index in [4.69, 9.17) is 21.4 Å². The molecule has 27 heavy (non-hydrogen) atoms. The van der Waals surface area contributed by atoms with Crippen LogP contribution in [0.1, 0.15) is 25.7 Å². The van der Waals surface area contributed by atoms with E-state index < -0.39 is 47.1 Å². The van der Waals surface area contributed by atoms with Gasteiger partial charge in [0.1, 0.15) is 12.1 Å². The van der Waals surface area contributed by atoms with Gasteiger partial charge in [-0.05, 0) is 12.8 Å². The normalized spacial score (nSPS) is 12.6. The van der Waals surface area contributed by atoms with Crippen molar-refractivity contribution in [3.05, 3.63) is 33.1 Å². The number of aromatic nitrogens is 2. The molecule has 0 bridgehead atoms. The minimum atomic E-state index is -1.34. The summed E-state index contributed by atoms with van der Waals surface area (Å²) >= 11 is 0. The molecule has 0 aliphatic rings. The zero-order valence-corrected chi connectivity index (χ0v) is 14.0. The minimum Gasteiger partial charge on any atom is -0.480 e. The summed E-state index contributed by atoms with van der Waals surface area (Å²) in [4.78, 5) is 74.8. The van der Waals surface area contributed by atoms with Crippen molar-refractivity contribution in [1.29, 1.82) is 0 Å². The first-order valence-corrected chi connectivity index (χ1v) is 7.70. The van der Waals surface area contributed by atoms with E-state index in [9.17, 15) is 28.8 Å². The highest BCUT2D eigenvalue weighted by molar-refractivity contribution is 5.85. The third-order valence-corrected chi connectivity index (χ3v) is 3.28. The van der Waals surface area contributed by atoms with Gasteiger partial charge in [0.15, 0.2) is 0 Å². The van der Waals surface area contributed by atoms with Crippen LogP contribution in [0.5, 0.6) is 0 Å². The van der Waals surface area contributed by atoms with Crippen LogP contribution < -0.4 is 32.9 Å². The van der Waals surface area contributed by atoms with Crippen molar-refractivity contribution in [3.63, 3.8) is 0 Å². The Morgan fingerprint density at radius 2 is 1.89 bits per heavy atom. The Bertz CT molecular complexity index is 829. The van der Waals surface area contributed by atoms with E-state index in [1.165, 1.54) is 0 Å². The van der Waals surface area contributed by atoms with Gasteiger partial charge >= 0.3 is 17.6 Å². The second-order valence-electron chi connectivity index (χ2n) is 5.45. The maximum atomic E-state index is 12.2.